The lowest BCUT2D eigenvalue weighted by atomic mass is 9.88. The van der Waals surface area contributed by atoms with Crippen molar-refractivity contribution >= 4 is 17.7 Å². The van der Waals surface area contributed by atoms with Gasteiger partial charge in [0.25, 0.3) is 0 Å². The van der Waals surface area contributed by atoms with E-state index in [0.717, 1.165) is 109 Å². The Kier molecular flexibility index (Phi) is 25.3. The maximum atomic E-state index is 13.4. The first kappa shape index (κ1) is 45.6. The Labute approximate surface area is 322 Å². The summed E-state index contributed by atoms with van der Waals surface area (Å²) < 4.78 is 35.3. The van der Waals surface area contributed by atoms with Crippen LogP contribution in [0.4, 0.5) is 0 Å². The number of hydrogen-bond donors (Lipinski definition) is 0. The van der Waals surface area contributed by atoms with Gasteiger partial charge in [0, 0.05) is 44.3 Å². The third-order valence-electron chi connectivity index (χ3n) is 11.0. The maximum absolute atomic E-state index is 13.4. The fraction of sp³-hybridized carbons (Fsp3) is 0.886. The highest BCUT2D eigenvalue weighted by atomic mass is 16.7. The molecule has 0 spiro atoms. The molecule has 0 radical (unpaired) electrons. The largest absolute Gasteiger partial charge is 0.462 e. The van der Waals surface area contributed by atoms with Gasteiger partial charge in [-0.15, -0.1) is 0 Å². The molecule has 2 saturated heterocycles. The molecule has 9 nitrogen and oxygen atoms in total. The van der Waals surface area contributed by atoms with Crippen LogP contribution >= 0.6 is 0 Å². The highest BCUT2D eigenvalue weighted by Crippen LogP contribution is 2.38. The van der Waals surface area contributed by atoms with E-state index in [4.69, 9.17) is 28.4 Å². The van der Waals surface area contributed by atoms with E-state index in [9.17, 15) is 14.4 Å². The summed E-state index contributed by atoms with van der Waals surface area (Å²) in [7, 11) is 0. The lowest BCUT2D eigenvalue weighted by Gasteiger charge is -2.29. The molecule has 2 aliphatic heterocycles. The lowest BCUT2D eigenvalue weighted by molar-refractivity contribution is -0.192. The Morgan fingerprint density at radius 2 is 1.25 bits per heavy atom. The van der Waals surface area contributed by atoms with Gasteiger partial charge >= 0.3 is 11.9 Å². The molecule has 53 heavy (non-hydrogen) atoms. The van der Waals surface area contributed by atoms with Crippen LogP contribution in [0.2, 0.25) is 0 Å². The number of esters is 2. The number of ketones is 1. The minimum Gasteiger partial charge on any atom is -0.462 e. The molecule has 0 amide bonds. The van der Waals surface area contributed by atoms with Crippen LogP contribution in [-0.2, 0) is 42.8 Å². The summed E-state index contributed by atoms with van der Waals surface area (Å²) in [5, 5.41) is 0. The second-order valence-electron chi connectivity index (χ2n) is 15.6. The van der Waals surface area contributed by atoms with Crippen molar-refractivity contribution in [2.45, 2.75) is 212 Å². The van der Waals surface area contributed by atoms with Crippen molar-refractivity contribution in [3.8, 4) is 0 Å². The van der Waals surface area contributed by atoms with Crippen LogP contribution in [0.25, 0.3) is 0 Å². The molecule has 1 saturated carbocycles. The Morgan fingerprint density at radius 3 is 1.83 bits per heavy atom. The summed E-state index contributed by atoms with van der Waals surface area (Å²) in [5.41, 5.74) is 0. The van der Waals surface area contributed by atoms with Gasteiger partial charge in [-0.05, 0) is 64.2 Å². The number of unbranched alkanes of at least 4 members (excludes halogenated alkanes) is 13. The van der Waals surface area contributed by atoms with Gasteiger partial charge in [0.05, 0.1) is 12.2 Å². The van der Waals surface area contributed by atoms with Crippen molar-refractivity contribution in [1.29, 1.82) is 0 Å². The number of carbonyl (C=O) groups is 3. The molecule has 0 bridgehead atoms. The Morgan fingerprint density at radius 1 is 0.698 bits per heavy atom. The molecule has 0 aromatic carbocycles. The van der Waals surface area contributed by atoms with E-state index in [1.807, 2.05) is 0 Å². The third kappa shape index (κ3) is 20.6. The monoisotopic (exact) mass is 749 g/mol. The highest BCUT2D eigenvalue weighted by molar-refractivity contribution is 5.84. The van der Waals surface area contributed by atoms with Crippen LogP contribution in [0.1, 0.15) is 187 Å². The van der Waals surface area contributed by atoms with Crippen LogP contribution in [-0.4, -0.2) is 68.9 Å². The first-order chi connectivity index (χ1) is 26.0. The number of carbonyl (C=O) groups excluding carboxylic acids is 3. The number of rotatable bonds is 30. The van der Waals surface area contributed by atoms with Crippen molar-refractivity contribution in [1.82, 2.24) is 0 Å². The highest BCUT2D eigenvalue weighted by Gasteiger charge is 2.42. The second-order valence-corrected chi connectivity index (χ2v) is 15.6. The Balaban J connectivity index is 1.34. The molecule has 0 aromatic rings. The van der Waals surface area contributed by atoms with Crippen LogP contribution in [0.3, 0.4) is 0 Å². The molecule has 2 heterocycles. The molecule has 2 unspecified atom stereocenters. The zero-order valence-electron chi connectivity index (χ0n) is 33.7. The molecule has 0 N–H and O–H groups in total. The predicted octanol–water partition coefficient (Wildman–Crippen LogP) is 10.5. The normalized spacial score (nSPS) is 24.1. The zero-order valence-corrected chi connectivity index (χ0v) is 33.7. The number of ether oxygens (including phenoxy) is 6. The molecule has 9 heteroatoms. The topological polar surface area (TPSA) is 107 Å². The summed E-state index contributed by atoms with van der Waals surface area (Å²) >= 11 is 0. The molecule has 1 aliphatic carbocycles. The van der Waals surface area contributed by atoms with Crippen molar-refractivity contribution in [2.24, 2.45) is 11.8 Å². The fourth-order valence-corrected chi connectivity index (χ4v) is 7.82. The molecule has 3 fully saturated rings. The van der Waals surface area contributed by atoms with Crippen LogP contribution in [0, 0.1) is 11.8 Å². The number of Topliss-reactive ketones (excluding diaryl/α,β-unsaturated/α-hetero) is 1. The van der Waals surface area contributed by atoms with E-state index in [1.165, 1.54) is 51.4 Å². The lowest BCUT2D eigenvalue weighted by Crippen LogP contribution is -2.31. The molecule has 306 valence electrons. The molecular weight excluding hydrogens is 672 g/mol. The SMILES string of the molecule is CCCCCCCCCCCC(=O)OCCOC(=O)CCCCCC[C@H]1C(=O)C[C@@H](OC2CCCCO2)[C@@H]1/C=C/[C@H](CCCCC)OC1CCCCO1. The fourth-order valence-electron chi connectivity index (χ4n) is 7.82. The minimum absolute atomic E-state index is 0.00763. The smallest absolute Gasteiger partial charge is 0.305 e. The first-order valence-corrected chi connectivity index (χ1v) is 22.1. The van der Waals surface area contributed by atoms with Gasteiger partial charge in [-0.3, -0.25) is 14.4 Å². The average molecular weight is 749 g/mol. The molecule has 3 rings (SSSR count). The van der Waals surface area contributed by atoms with Crippen molar-refractivity contribution in [3.63, 3.8) is 0 Å². The standard InChI is InChI=1S/C44H76O9/c1-3-5-7-8-9-10-11-12-17-25-41(46)48-33-34-49-42(47)26-18-14-13-16-24-37-38(40(35-39(37)45)53-44-28-20-22-32-51-44)30-29-36(23-15-6-4-2)52-43-27-19-21-31-50-43/h29-30,36-38,40,43-44H,3-28,31-35H2,1-2H3/b30-29+/t36-,37+,38+,40+,43?,44?/m0/s1. The van der Waals surface area contributed by atoms with E-state index >= 15 is 0 Å². The summed E-state index contributed by atoms with van der Waals surface area (Å²) in [4.78, 5) is 37.7. The summed E-state index contributed by atoms with van der Waals surface area (Å²) in [6, 6.07) is 0. The van der Waals surface area contributed by atoms with E-state index in [-0.39, 0.29) is 67.6 Å². The van der Waals surface area contributed by atoms with E-state index < -0.39 is 0 Å². The van der Waals surface area contributed by atoms with Crippen LogP contribution in [0.5, 0.6) is 0 Å². The maximum Gasteiger partial charge on any atom is 0.305 e. The van der Waals surface area contributed by atoms with Gasteiger partial charge < -0.3 is 28.4 Å². The quantitative estimate of drug-likeness (QED) is 0.0403. The van der Waals surface area contributed by atoms with Gasteiger partial charge in [-0.2, -0.15) is 0 Å². The van der Waals surface area contributed by atoms with Crippen LogP contribution in [0.15, 0.2) is 12.2 Å². The van der Waals surface area contributed by atoms with E-state index in [0.29, 0.717) is 25.9 Å². The van der Waals surface area contributed by atoms with Crippen molar-refractivity contribution in [3.05, 3.63) is 12.2 Å². The van der Waals surface area contributed by atoms with Gasteiger partial charge in [0.1, 0.15) is 19.0 Å². The summed E-state index contributed by atoms with van der Waals surface area (Å²) in [5.74, 6) is -0.286. The number of hydrogen-bond acceptors (Lipinski definition) is 9. The van der Waals surface area contributed by atoms with E-state index in [2.05, 4.69) is 26.0 Å². The molecule has 3 aliphatic rings. The predicted molar refractivity (Wildman–Crippen MR) is 208 cm³/mol. The summed E-state index contributed by atoms with van der Waals surface area (Å²) in [6.07, 6.45) is 30.7. The summed E-state index contributed by atoms with van der Waals surface area (Å²) in [6.45, 7) is 6.14. The average Bonchev–Trinajstić information content (AvgIpc) is 3.46. The molecule has 0 aromatic heterocycles. The van der Waals surface area contributed by atoms with Gasteiger partial charge in [0.2, 0.25) is 0 Å². The van der Waals surface area contributed by atoms with E-state index in [1.54, 1.807) is 0 Å². The van der Waals surface area contributed by atoms with Gasteiger partial charge in [-0.25, -0.2) is 0 Å². The molecule has 6 atom stereocenters. The van der Waals surface area contributed by atoms with Crippen molar-refractivity contribution in [2.75, 3.05) is 26.4 Å². The zero-order chi connectivity index (χ0) is 37.8. The third-order valence-corrected chi connectivity index (χ3v) is 11.0. The first-order valence-electron chi connectivity index (χ1n) is 22.1. The van der Waals surface area contributed by atoms with Crippen LogP contribution < -0.4 is 0 Å². The minimum atomic E-state index is -0.254. The van der Waals surface area contributed by atoms with Gasteiger partial charge in [-0.1, -0.05) is 116 Å². The molecular formula is C44H76O9. The van der Waals surface area contributed by atoms with Crippen molar-refractivity contribution < 1.29 is 42.8 Å². The second kappa shape index (κ2) is 29.5. The van der Waals surface area contributed by atoms with Gasteiger partial charge in [0.15, 0.2) is 12.6 Å². The Bertz CT molecular complexity index is 987. The Hall–Kier alpha value is -1.81.